The van der Waals surface area contributed by atoms with E-state index >= 15 is 0 Å². The van der Waals surface area contributed by atoms with Crippen LogP contribution < -0.4 is 0 Å². The Labute approximate surface area is 187 Å². The first-order chi connectivity index (χ1) is 12.4. The van der Waals surface area contributed by atoms with Crippen molar-refractivity contribution in [3.63, 3.8) is 0 Å². The Morgan fingerprint density at radius 1 is 1.33 bits per heavy atom. The normalized spacial score (nSPS) is 19.6. The maximum atomic E-state index is 12.4. The maximum absolute atomic E-state index is 12.4. The van der Waals surface area contributed by atoms with Gasteiger partial charge in [0.2, 0.25) is 5.91 Å². The number of benzene rings is 1. The third kappa shape index (κ3) is 7.34. The van der Waals surface area contributed by atoms with E-state index in [-0.39, 0.29) is 63.5 Å². The van der Waals surface area contributed by atoms with E-state index in [1.54, 1.807) is 25.9 Å². The van der Waals surface area contributed by atoms with E-state index < -0.39 is 12.2 Å². The van der Waals surface area contributed by atoms with Gasteiger partial charge in [0.05, 0.1) is 12.5 Å². The SMILES string of the molecule is CC.C[C@H](C[C-]=O)N(C)C(=O)C[C@H]1C[C@@H](c2ccccc2)N(C)C(=O)O1.[Y]. The Kier molecular flexibility index (Phi) is 12.4. The number of ether oxygens (including phenoxy) is 1. The summed E-state index contributed by atoms with van der Waals surface area (Å²) in [7, 11) is 3.35. The van der Waals surface area contributed by atoms with E-state index in [1.165, 1.54) is 4.90 Å². The van der Waals surface area contributed by atoms with Crippen LogP contribution in [0.15, 0.2) is 30.3 Å². The van der Waals surface area contributed by atoms with E-state index in [9.17, 15) is 14.4 Å². The van der Waals surface area contributed by atoms with Crippen molar-refractivity contribution in [3.05, 3.63) is 35.9 Å². The molecule has 1 saturated heterocycles. The van der Waals surface area contributed by atoms with Crippen LogP contribution in [-0.4, -0.2) is 54.3 Å². The van der Waals surface area contributed by atoms with Crippen LogP contribution in [0.2, 0.25) is 0 Å². The van der Waals surface area contributed by atoms with Crippen LogP contribution in [0.1, 0.15) is 51.6 Å². The van der Waals surface area contributed by atoms with Crippen molar-refractivity contribution < 1.29 is 51.8 Å². The molecule has 0 aliphatic carbocycles. The predicted molar refractivity (Wildman–Crippen MR) is 100 cm³/mol. The summed E-state index contributed by atoms with van der Waals surface area (Å²) in [5, 5.41) is 0. The molecule has 0 bridgehead atoms. The molecule has 1 radical (unpaired) electrons. The molecule has 2 rings (SSSR count). The fraction of sp³-hybridized carbons (Fsp3) is 0.550. The molecule has 7 heteroatoms. The Hall–Kier alpha value is -1.27. The molecule has 147 valence electrons. The van der Waals surface area contributed by atoms with E-state index in [0.29, 0.717) is 6.42 Å². The number of nitrogens with zero attached hydrogens (tertiary/aromatic N) is 2. The third-order valence-corrected chi connectivity index (χ3v) is 4.53. The minimum absolute atomic E-state index is 0. The molecule has 1 aromatic rings. The van der Waals surface area contributed by atoms with E-state index in [1.807, 2.05) is 50.5 Å². The number of hydrogen-bond donors (Lipinski definition) is 0. The molecule has 1 heterocycles. The van der Waals surface area contributed by atoms with E-state index in [0.717, 1.165) is 5.56 Å². The van der Waals surface area contributed by atoms with Gasteiger partial charge in [0.1, 0.15) is 6.10 Å². The van der Waals surface area contributed by atoms with E-state index in [2.05, 4.69) is 0 Å². The third-order valence-electron chi connectivity index (χ3n) is 4.53. The molecule has 1 aliphatic heterocycles. The second kappa shape index (κ2) is 13.0. The van der Waals surface area contributed by atoms with Crippen molar-refractivity contribution in [1.82, 2.24) is 9.80 Å². The van der Waals surface area contributed by atoms with Crippen LogP contribution in [0.3, 0.4) is 0 Å². The molecular formula is C20H29N2O4Y-. The largest absolute Gasteiger partial charge is 0.542 e. The fourth-order valence-electron chi connectivity index (χ4n) is 2.81. The molecule has 1 aliphatic rings. The zero-order chi connectivity index (χ0) is 19.7. The van der Waals surface area contributed by atoms with Crippen LogP contribution in [0.5, 0.6) is 0 Å². The first-order valence-corrected chi connectivity index (χ1v) is 9.03. The van der Waals surface area contributed by atoms with Gasteiger partial charge < -0.3 is 19.3 Å². The molecule has 1 aromatic carbocycles. The van der Waals surface area contributed by atoms with Gasteiger partial charge >= 0.3 is 6.09 Å². The van der Waals surface area contributed by atoms with Crippen molar-refractivity contribution >= 4 is 18.3 Å². The zero-order valence-corrected chi connectivity index (χ0v) is 19.7. The molecule has 27 heavy (non-hydrogen) atoms. The molecule has 0 saturated carbocycles. The molecule has 6 nitrogen and oxygen atoms in total. The van der Waals surface area contributed by atoms with Gasteiger partial charge in [-0.15, -0.1) is 6.42 Å². The fourth-order valence-corrected chi connectivity index (χ4v) is 2.81. The van der Waals surface area contributed by atoms with Crippen LogP contribution in [-0.2, 0) is 47.0 Å². The Morgan fingerprint density at radius 3 is 2.48 bits per heavy atom. The summed E-state index contributed by atoms with van der Waals surface area (Å²) in [5.41, 5.74) is 1.02. The molecule has 2 amide bonds. The van der Waals surface area contributed by atoms with Crippen LogP contribution in [0.4, 0.5) is 4.79 Å². The second-order valence-electron chi connectivity index (χ2n) is 6.19. The van der Waals surface area contributed by atoms with Crippen molar-refractivity contribution in [2.75, 3.05) is 14.1 Å². The van der Waals surface area contributed by atoms with Crippen LogP contribution >= 0.6 is 0 Å². The standard InChI is InChI=1S/C18H23N2O4.C2H6.Y/c1-13(9-10-21)19(2)17(22)12-15-11-16(20(3)18(23)24-15)14-7-5-4-6-8-14;1-2;/h4-8,13,15-16H,9,11-12H2,1-3H3;1-2H3;/q-1;;/t13-,15-,16+;;/m1../s1. The summed E-state index contributed by atoms with van der Waals surface area (Å²) >= 11 is 0. The van der Waals surface area contributed by atoms with Gasteiger partial charge in [0.15, 0.2) is 0 Å². The van der Waals surface area contributed by atoms with Crippen molar-refractivity contribution in [1.29, 1.82) is 0 Å². The summed E-state index contributed by atoms with van der Waals surface area (Å²) in [6.45, 7) is 5.79. The van der Waals surface area contributed by atoms with Gasteiger partial charge in [-0.1, -0.05) is 44.2 Å². The summed E-state index contributed by atoms with van der Waals surface area (Å²) in [5.74, 6) is -0.146. The van der Waals surface area contributed by atoms with Crippen LogP contribution in [0.25, 0.3) is 0 Å². The Balaban J connectivity index is 0.00000218. The quantitative estimate of drug-likeness (QED) is 0.624. The van der Waals surface area contributed by atoms with Gasteiger partial charge in [-0.25, -0.2) is 4.79 Å². The molecule has 1 fully saturated rings. The zero-order valence-electron chi connectivity index (χ0n) is 16.8. The first-order valence-electron chi connectivity index (χ1n) is 9.03. The van der Waals surface area contributed by atoms with Gasteiger partial charge in [-0.3, -0.25) is 11.1 Å². The number of rotatable bonds is 6. The number of amides is 2. The van der Waals surface area contributed by atoms with E-state index in [4.69, 9.17) is 4.74 Å². The first kappa shape index (κ1) is 25.7. The Morgan fingerprint density at radius 2 is 1.93 bits per heavy atom. The number of carbonyl (C=O) groups is 2. The number of carbonyl (C=O) groups excluding carboxylic acids is 3. The summed E-state index contributed by atoms with van der Waals surface area (Å²) in [4.78, 5) is 38.0. The Bertz CT molecular complexity index is 597. The molecule has 0 aromatic heterocycles. The van der Waals surface area contributed by atoms with Crippen LogP contribution in [0, 0.1) is 0 Å². The van der Waals surface area contributed by atoms with Gasteiger partial charge in [0, 0.05) is 59.3 Å². The van der Waals surface area contributed by atoms with Crippen molar-refractivity contribution in [2.24, 2.45) is 0 Å². The number of cyclic esters (lactones) is 1. The average Bonchev–Trinajstić information content (AvgIpc) is 2.66. The number of hydrogen-bond acceptors (Lipinski definition) is 4. The molecule has 3 atom stereocenters. The second-order valence-corrected chi connectivity index (χ2v) is 6.19. The minimum Gasteiger partial charge on any atom is -0.542 e. The molecule has 0 spiro atoms. The topological polar surface area (TPSA) is 66.9 Å². The molecule has 0 unspecified atom stereocenters. The molecule has 0 N–H and O–H groups in total. The van der Waals surface area contributed by atoms with Gasteiger partial charge in [-0.2, -0.15) is 0 Å². The predicted octanol–water partition coefficient (Wildman–Crippen LogP) is 3.33. The average molecular weight is 450 g/mol. The smallest absolute Gasteiger partial charge is 0.410 e. The minimum atomic E-state index is -0.471. The maximum Gasteiger partial charge on any atom is 0.410 e. The summed E-state index contributed by atoms with van der Waals surface area (Å²) in [6.07, 6.45) is 1.75. The monoisotopic (exact) mass is 450 g/mol. The van der Waals surface area contributed by atoms with Crippen molar-refractivity contribution in [3.8, 4) is 0 Å². The van der Waals surface area contributed by atoms with Gasteiger partial charge in [0.25, 0.3) is 0 Å². The summed E-state index contributed by atoms with van der Waals surface area (Å²) in [6, 6.07) is 9.37. The van der Waals surface area contributed by atoms with Crippen molar-refractivity contribution in [2.45, 2.75) is 58.2 Å². The summed E-state index contributed by atoms with van der Waals surface area (Å²) < 4.78 is 5.37. The molecular weight excluding hydrogens is 421 g/mol. The van der Waals surface area contributed by atoms with Gasteiger partial charge in [-0.05, 0) is 12.5 Å².